The normalized spacial score (nSPS) is 26.4. The first kappa shape index (κ1) is 8.87. The predicted octanol–water partition coefficient (Wildman–Crippen LogP) is 2.00. The van der Waals surface area contributed by atoms with Gasteiger partial charge in [-0.3, -0.25) is 0 Å². The number of hydrogen-bond donors (Lipinski definition) is 0. The summed E-state index contributed by atoms with van der Waals surface area (Å²) in [6, 6.07) is 0. The van der Waals surface area contributed by atoms with Crippen molar-refractivity contribution < 1.29 is 9.56 Å². The smallest absolute Gasteiger partial charge is 0.0884 e. The molecule has 0 aromatic heterocycles. The fraction of sp³-hybridized carbons (Fsp3) is 1.00. The fourth-order valence-electron chi connectivity index (χ4n) is 0.833. The minimum absolute atomic E-state index is 0.586. The third-order valence-corrected chi connectivity index (χ3v) is 3.42. The van der Waals surface area contributed by atoms with Crippen LogP contribution in [-0.2, 0) is 9.56 Å². The second kappa shape index (κ2) is 6.49. The van der Waals surface area contributed by atoms with Crippen molar-refractivity contribution in [3.05, 3.63) is 0 Å². The Hall–Kier alpha value is 0.780. The van der Waals surface area contributed by atoms with Crippen LogP contribution in [0.2, 0.25) is 0 Å². The molecule has 2 fully saturated rings. The van der Waals surface area contributed by atoms with Gasteiger partial charge in [0.15, 0.2) is 0 Å². The van der Waals surface area contributed by atoms with Gasteiger partial charge >= 0.3 is 0 Å². The monoisotopic (exact) mass is 180 g/mol. The van der Waals surface area contributed by atoms with Gasteiger partial charge in [-0.2, -0.15) is 0 Å². The summed E-state index contributed by atoms with van der Waals surface area (Å²) >= 11 is 0. The van der Waals surface area contributed by atoms with Crippen LogP contribution in [-0.4, -0.2) is 25.1 Å². The molecule has 2 rings (SSSR count). The molecule has 2 nitrogen and oxygen atoms in total. The largest absolute Gasteiger partial charge is 0.233 e. The Balaban J connectivity index is 0.0000001000. The van der Waals surface area contributed by atoms with E-state index in [0.717, 1.165) is 12.8 Å². The van der Waals surface area contributed by atoms with Crippen molar-refractivity contribution in [1.29, 1.82) is 0 Å². The Labute approximate surface area is 65.6 Å². The molecule has 0 aromatic rings. The second-order valence-corrected chi connectivity index (χ2v) is 4.71. The molecule has 1 atom stereocenters. The summed E-state index contributed by atoms with van der Waals surface area (Å²) < 4.78 is 4.47. The minimum Gasteiger partial charge on any atom is -0.233 e. The van der Waals surface area contributed by atoms with E-state index in [1.807, 2.05) is 0 Å². The van der Waals surface area contributed by atoms with Crippen LogP contribution in [0.1, 0.15) is 12.8 Å². The van der Waals surface area contributed by atoms with Gasteiger partial charge in [-0.15, -0.1) is 8.58 Å². The highest BCUT2D eigenvalue weighted by Gasteiger charge is 1.96. The highest BCUT2D eigenvalue weighted by molar-refractivity contribution is 7.38. The molecular formula is C6H14O2P2. The lowest BCUT2D eigenvalue weighted by atomic mass is 10.4. The molecule has 0 amide bonds. The predicted molar refractivity (Wildman–Crippen MR) is 47.5 cm³/mol. The Morgan fingerprint density at radius 2 is 1.80 bits per heavy atom. The summed E-state index contributed by atoms with van der Waals surface area (Å²) in [6.07, 6.45) is 7.16. The second-order valence-electron chi connectivity index (χ2n) is 2.26. The first-order valence-electron chi connectivity index (χ1n) is 3.72. The van der Waals surface area contributed by atoms with E-state index in [0.29, 0.717) is 8.81 Å². The lowest BCUT2D eigenvalue weighted by Gasteiger charge is -1.77. The standard InChI is InChI=1S/C4H9P.C2H5O2P/c1-2-4-5-3-1;1-2-5-4-3-1/h5H,1-4H2;5H,1-2H2. The first-order valence-corrected chi connectivity index (χ1v) is 6.25. The lowest BCUT2D eigenvalue weighted by molar-refractivity contribution is -0.172. The summed E-state index contributed by atoms with van der Waals surface area (Å²) in [5.74, 6) is 0. The van der Waals surface area contributed by atoms with Crippen molar-refractivity contribution in [2.45, 2.75) is 12.8 Å². The molecular weight excluding hydrogens is 166 g/mol. The van der Waals surface area contributed by atoms with E-state index in [1.54, 1.807) is 0 Å². The van der Waals surface area contributed by atoms with Crippen molar-refractivity contribution in [1.82, 2.24) is 0 Å². The van der Waals surface area contributed by atoms with Gasteiger partial charge in [0.1, 0.15) is 0 Å². The first-order chi connectivity index (χ1) is 5.00. The van der Waals surface area contributed by atoms with E-state index in [9.17, 15) is 0 Å². The van der Waals surface area contributed by atoms with Gasteiger partial charge in [-0.05, 0) is 25.2 Å². The summed E-state index contributed by atoms with van der Waals surface area (Å²) in [5, 5.41) is 0. The third kappa shape index (κ3) is 4.57. The van der Waals surface area contributed by atoms with Crippen molar-refractivity contribution in [3.63, 3.8) is 0 Å². The molecule has 0 bridgehead atoms. The molecule has 0 aromatic carbocycles. The third-order valence-electron chi connectivity index (χ3n) is 1.36. The molecule has 2 aliphatic rings. The molecule has 0 N–H and O–H groups in total. The van der Waals surface area contributed by atoms with Crippen molar-refractivity contribution in [3.8, 4) is 0 Å². The van der Waals surface area contributed by atoms with Crippen LogP contribution >= 0.6 is 17.4 Å². The maximum atomic E-state index is 4.47. The highest BCUT2D eigenvalue weighted by atomic mass is 31.1. The zero-order valence-electron chi connectivity index (χ0n) is 6.06. The fourth-order valence-corrected chi connectivity index (χ4v) is 2.50. The highest BCUT2D eigenvalue weighted by Crippen LogP contribution is 2.21. The van der Waals surface area contributed by atoms with Crippen LogP contribution in [0, 0.1) is 0 Å². The van der Waals surface area contributed by atoms with Crippen LogP contribution < -0.4 is 0 Å². The summed E-state index contributed by atoms with van der Waals surface area (Å²) in [7, 11) is 1.90. The van der Waals surface area contributed by atoms with Gasteiger partial charge in [0.05, 0.1) is 15.4 Å². The van der Waals surface area contributed by atoms with Crippen molar-refractivity contribution >= 4 is 17.4 Å². The van der Waals surface area contributed by atoms with Crippen LogP contribution in [0.4, 0.5) is 0 Å². The number of rotatable bonds is 0. The molecule has 0 saturated carbocycles. The van der Waals surface area contributed by atoms with Crippen molar-refractivity contribution in [2.24, 2.45) is 0 Å². The van der Waals surface area contributed by atoms with Crippen LogP contribution in [0.25, 0.3) is 0 Å². The Kier molecular flexibility index (Phi) is 5.76. The molecule has 0 spiro atoms. The molecule has 0 radical (unpaired) electrons. The van der Waals surface area contributed by atoms with Gasteiger partial charge in [0.2, 0.25) is 0 Å². The minimum atomic E-state index is 0.586. The topological polar surface area (TPSA) is 18.5 Å². The van der Waals surface area contributed by atoms with Gasteiger partial charge in [-0.25, -0.2) is 9.56 Å². The van der Waals surface area contributed by atoms with E-state index < -0.39 is 0 Å². The van der Waals surface area contributed by atoms with Crippen LogP contribution in [0.3, 0.4) is 0 Å². The maximum absolute atomic E-state index is 4.47. The average Bonchev–Trinajstić information content (AvgIpc) is 2.67. The SMILES string of the molecule is C1CCPC1.C1CPOO1. The van der Waals surface area contributed by atoms with E-state index in [-0.39, 0.29) is 0 Å². The Morgan fingerprint density at radius 1 is 1.00 bits per heavy atom. The van der Waals surface area contributed by atoms with Crippen LogP contribution in [0.15, 0.2) is 0 Å². The molecule has 2 heterocycles. The summed E-state index contributed by atoms with van der Waals surface area (Å²) in [6.45, 7) is 0.790. The molecule has 4 heteroatoms. The Morgan fingerprint density at radius 3 is 2.00 bits per heavy atom. The molecule has 0 aliphatic carbocycles. The zero-order valence-corrected chi connectivity index (χ0v) is 8.06. The van der Waals surface area contributed by atoms with E-state index in [2.05, 4.69) is 9.56 Å². The van der Waals surface area contributed by atoms with Crippen molar-refractivity contribution in [2.75, 3.05) is 25.1 Å². The van der Waals surface area contributed by atoms with Gasteiger partial charge in [0.25, 0.3) is 0 Å². The average molecular weight is 180 g/mol. The summed E-state index contributed by atoms with van der Waals surface area (Å²) in [5.41, 5.74) is 0. The zero-order chi connectivity index (χ0) is 7.07. The quantitative estimate of drug-likeness (QED) is 0.419. The van der Waals surface area contributed by atoms with Crippen LogP contribution in [0.5, 0.6) is 0 Å². The molecule has 2 saturated heterocycles. The summed E-state index contributed by atoms with van der Waals surface area (Å²) in [4.78, 5) is 4.46. The van der Waals surface area contributed by atoms with Gasteiger partial charge < -0.3 is 0 Å². The number of hydrogen-bond acceptors (Lipinski definition) is 2. The lowest BCUT2D eigenvalue weighted by Crippen LogP contribution is -1.76. The molecule has 60 valence electrons. The molecule has 2 aliphatic heterocycles. The molecule has 1 unspecified atom stereocenters. The molecule has 10 heavy (non-hydrogen) atoms. The van der Waals surface area contributed by atoms with E-state index in [4.69, 9.17) is 0 Å². The maximum Gasteiger partial charge on any atom is 0.0884 e. The van der Waals surface area contributed by atoms with Gasteiger partial charge in [-0.1, -0.05) is 0 Å². The van der Waals surface area contributed by atoms with E-state index >= 15 is 0 Å². The van der Waals surface area contributed by atoms with Gasteiger partial charge in [0, 0.05) is 6.16 Å². The Bertz CT molecular complexity index is 46.9. The van der Waals surface area contributed by atoms with E-state index in [1.165, 1.54) is 33.7 Å².